The van der Waals surface area contributed by atoms with Crippen LogP contribution in [0.5, 0.6) is 5.88 Å². The lowest BCUT2D eigenvalue weighted by Gasteiger charge is -2.30. The maximum atomic E-state index is 11.2. The van der Waals surface area contributed by atoms with Crippen molar-refractivity contribution in [2.24, 2.45) is 5.41 Å². The monoisotopic (exact) mass is 455 g/mol. The van der Waals surface area contributed by atoms with Crippen molar-refractivity contribution in [3.05, 3.63) is 24.7 Å². The smallest absolute Gasteiger partial charge is 0.405 e. The average Bonchev–Trinajstić information content (AvgIpc) is 3.48. The summed E-state index contributed by atoms with van der Waals surface area (Å²) < 4.78 is 17.9. The lowest BCUT2D eigenvalue weighted by Crippen LogP contribution is -2.47. The fraction of sp³-hybridized carbons (Fsp3) is 0.381. The number of hydrogen-bond acceptors (Lipinski definition) is 9. The van der Waals surface area contributed by atoms with Crippen LogP contribution >= 0.6 is 0 Å². The van der Waals surface area contributed by atoms with Crippen LogP contribution in [0.15, 0.2) is 33.7 Å². The van der Waals surface area contributed by atoms with Crippen molar-refractivity contribution < 1.29 is 23.7 Å². The average molecular weight is 455 g/mol. The Kier molecular flexibility index (Phi) is 5.66. The van der Waals surface area contributed by atoms with E-state index in [-0.39, 0.29) is 17.8 Å². The number of nitrogens with two attached hydrogens (primary N) is 1. The normalized spacial score (nSPS) is 12.7. The molecule has 0 bridgehead atoms. The van der Waals surface area contributed by atoms with Crippen molar-refractivity contribution in [3.8, 4) is 28.7 Å². The first-order valence-corrected chi connectivity index (χ1v) is 10.3. The van der Waals surface area contributed by atoms with E-state index in [4.69, 9.17) is 24.5 Å². The molecule has 4 N–H and O–H groups in total. The molecule has 0 saturated heterocycles. The van der Waals surface area contributed by atoms with Gasteiger partial charge in [0.05, 0.1) is 24.1 Å². The maximum absolute atomic E-state index is 11.2. The molecular weight excluding hydrogens is 430 g/mol. The quantitative estimate of drug-likeness (QED) is 0.375. The van der Waals surface area contributed by atoms with Crippen LogP contribution in [0.25, 0.3) is 33.8 Å². The molecule has 0 radical (unpaired) electrons. The lowest BCUT2D eigenvalue weighted by atomic mass is 9.87. The maximum Gasteiger partial charge on any atom is 0.405 e. The molecule has 0 aliphatic heterocycles. The summed E-state index contributed by atoms with van der Waals surface area (Å²) in [4.78, 5) is 20.6. The van der Waals surface area contributed by atoms with Gasteiger partial charge < -0.3 is 29.9 Å². The highest BCUT2D eigenvalue weighted by Gasteiger charge is 2.28. The molecule has 33 heavy (non-hydrogen) atoms. The summed E-state index contributed by atoms with van der Waals surface area (Å²) in [6.07, 6.45) is 1.99. The second-order valence-electron chi connectivity index (χ2n) is 8.55. The van der Waals surface area contributed by atoms with Gasteiger partial charge in [0.2, 0.25) is 5.88 Å². The number of furan rings is 1. The van der Waals surface area contributed by atoms with Crippen molar-refractivity contribution in [1.29, 1.82) is 0 Å². The van der Waals surface area contributed by atoms with Gasteiger partial charge in [-0.05, 0) is 28.7 Å². The fourth-order valence-corrected chi connectivity index (χ4v) is 3.45. The summed E-state index contributed by atoms with van der Waals surface area (Å²) in [6, 6.07) is 3.06. The zero-order chi connectivity index (χ0) is 23.8. The van der Waals surface area contributed by atoms with Crippen molar-refractivity contribution in [2.75, 3.05) is 12.3 Å². The summed E-state index contributed by atoms with van der Waals surface area (Å²) in [7, 11) is 0. The van der Waals surface area contributed by atoms with Crippen molar-refractivity contribution in [2.45, 2.75) is 40.3 Å². The molecule has 1 amide bonds. The number of nitrogens with zero attached hydrogens (tertiary/aromatic N) is 5. The minimum atomic E-state index is -1.12. The molecule has 4 aromatic rings. The van der Waals surface area contributed by atoms with Gasteiger partial charge in [-0.3, -0.25) is 0 Å². The van der Waals surface area contributed by atoms with Crippen LogP contribution in [0.2, 0.25) is 0 Å². The Morgan fingerprint density at radius 3 is 2.67 bits per heavy atom. The minimum absolute atomic E-state index is 0.0897. The Morgan fingerprint density at radius 1 is 1.30 bits per heavy atom. The van der Waals surface area contributed by atoms with Gasteiger partial charge in [0, 0.05) is 18.2 Å². The van der Waals surface area contributed by atoms with Crippen LogP contribution in [-0.2, 0) is 6.54 Å². The molecular formula is C21H25N7O5. The Balaban J connectivity index is 1.81. The number of imidazole rings is 1. The number of ether oxygens (including phenoxy) is 1. The summed E-state index contributed by atoms with van der Waals surface area (Å²) in [6.45, 7) is 8.39. The molecule has 174 valence electrons. The number of pyridine rings is 1. The first-order valence-electron chi connectivity index (χ1n) is 10.3. The number of hydrogen-bond donors (Lipinski definition) is 3. The van der Waals surface area contributed by atoms with Crippen LogP contribution in [0.1, 0.15) is 27.7 Å². The Bertz CT molecular complexity index is 1270. The third-order valence-corrected chi connectivity index (χ3v) is 5.29. The van der Waals surface area contributed by atoms with Gasteiger partial charge in [0.1, 0.15) is 17.8 Å². The molecule has 1 atom stereocenters. The standard InChI is InChI=1S/C21H25N7O5/c1-5-28-12-8-14(32-10-13(21(2,3)4)23-20(29)30)24-15(11-6-7-31-9-11)16(12)25-19(28)17-18(22)27-33-26-17/h6-9,13,23H,5,10H2,1-4H3,(H2,22,27)(H,29,30). The van der Waals surface area contributed by atoms with Gasteiger partial charge in [-0.15, -0.1) is 0 Å². The Morgan fingerprint density at radius 2 is 2.09 bits per heavy atom. The van der Waals surface area contributed by atoms with Crippen LogP contribution < -0.4 is 15.8 Å². The van der Waals surface area contributed by atoms with Gasteiger partial charge in [-0.25, -0.2) is 19.4 Å². The number of rotatable bonds is 7. The predicted octanol–water partition coefficient (Wildman–Crippen LogP) is 3.40. The van der Waals surface area contributed by atoms with Gasteiger partial charge in [-0.2, -0.15) is 0 Å². The van der Waals surface area contributed by atoms with E-state index in [1.54, 1.807) is 24.7 Å². The number of nitrogen functional groups attached to an aromatic ring is 1. The minimum Gasteiger partial charge on any atom is -0.475 e. The summed E-state index contributed by atoms with van der Waals surface area (Å²) in [5.41, 5.74) is 8.44. The fourth-order valence-electron chi connectivity index (χ4n) is 3.45. The van der Waals surface area contributed by atoms with E-state index in [1.165, 1.54) is 0 Å². The van der Waals surface area contributed by atoms with E-state index < -0.39 is 12.1 Å². The van der Waals surface area contributed by atoms with Crippen molar-refractivity contribution >= 4 is 22.9 Å². The van der Waals surface area contributed by atoms with E-state index in [0.29, 0.717) is 40.7 Å². The van der Waals surface area contributed by atoms with E-state index >= 15 is 0 Å². The molecule has 0 fully saturated rings. The van der Waals surface area contributed by atoms with E-state index in [1.807, 2.05) is 32.3 Å². The highest BCUT2D eigenvalue weighted by molar-refractivity contribution is 5.93. The second kappa shape index (κ2) is 8.45. The highest BCUT2D eigenvalue weighted by Crippen LogP contribution is 2.34. The highest BCUT2D eigenvalue weighted by atomic mass is 16.6. The predicted molar refractivity (Wildman–Crippen MR) is 119 cm³/mol. The largest absolute Gasteiger partial charge is 0.475 e. The van der Waals surface area contributed by atoms with Gasteiger partial charge >= 0.3 is 6.09 Å². The topological polar surface area (TPSA) is 167 Å². The second-order valence-corrected chi connectivity index (χ2v) is 8.55. The molecule has 0 spiro atoms. The SMILES string of the molecule is CCn1c(-c2nonc2N)nc2c(-c3ccoc3)nc(OCC(NC(=O)O)C(C)(C)C)cc21. The summed E-state index contributed by atoms with van der Waals surface area (Å²) >= 11 is 0. The van der Waals surface area contributed by atoms with Crippen LogP contribution in [-0.4, -0.2) is 48.7 Å². The van der Waals surface area contributed by atoms with E-state index in [0.717, 1.165) is 5.52 Å². The first-order chi connectivity index (χ1) is 15.7. The van der Waals surface area contributed by atoms with Crippen LogP contribution in [0, 0.1) is 5.41 Å². The molecule has 0 saturated carbocycles. The number of anilines is 1. The van der Waals surface area contributed by atoms with Gasteiger partial charge in [0.25, 0.3) is 0 Å². The molecule has 0 aliphatic carbocycles. The van der Waals surface area contributed by atoms with Crippen molar-refractivity contribution in [3.63, 3.8) is 0 Å². The van der Waals surface area contributed by atoms with Crippen LogP contribution in [0.3, 0.4) is 0 Å². The molecule has 12 heteroatoms. The third-order valence-electron chi connectivity index (χ3n) is 5.29. The molecule has 4 heterocycles. The number of carbonyl (C=O) groups is 1. The first kappa shape index (κ1) is 22.1. The summed E-state index contributed by atoms with van der Waals surface area (Å²) in [5.74, 6) is 0.921. The van der Waals surface area contributed by atoms with E-state index in [2.05, 4.69) is 20.6 Å². The number of fused-ring (bicyclic) bond motifs is 1. The molecule has 4 rings (SSSR count). The van der Waals surface area contributed by atoms with Gasteiger partial charge in [-0.1, -0.05) is 20.8 Å². The number of aromatic nitrogens is 5. The van der Waals surface area contributed by atoms with Crippen molar-refractivity contribution in [1.82, 2.24) is 30.2 Å². The number of carboxylic acid groups (broad SMARTS) is 1. The molecule has 1 unspecified atom stereocenters. The van der Waals surface area contributed by atoms with Gasteiger partial charge in [0.15, 0.2) is 17.3 Å². The number of aryl methyl sites for hydroxylation is 1. The summed E-state index contributed by atoms with van der Waals surface area (Å²) in [5, 5.41) is 19.3. The third kappa shape index (κ3) is 4.31. The Labute approximate surface area is 188 Å². The number of nitrogens with one attached hydrogen (secondary N) is 1. The lowest BCUT2D eigenvalue weighted by molar-refractivity contribution is 0.145. The molecule has 0 aromatic carbocycles. The Hall–Kier alpha value is -4.09. The molecule has 12 nitrogen and oxygen atoms in total. The zero-order valence-electron chi connectivity index (χ0n) is 18.7. The molecule has 0 aliphatic rings. The van der Waals surface area contributed by atoms with E-state index in [9.17, 15) is 9.90 Å². The molecule has 4 aromatic heterocycles. The number of amides is 1. The van der Waals surface area contributed by atoms with Crippen LogP contribution in [0.4, 0.5) is 10.6 Å². The zero-order valence-corrected chi connectivity index (χ0v) is 18.7.